The molecule has 0 bridgehead atoms. The standard InChI is InChI=1S/C17H23NO4/c1-2-20-15-11-18(14-9-6-10-21-17(14)15)16(19)12-22-13-7-4-3-5-8-13/h3-5,7-8,14-15,17H,2,6,9-12H2,1H3/t14-,15-,17+/m1/s1. The van der Waals surface area contributed by atoms with Crippen LogP contribution in [0.25, 0.3) is 0 Å². The van der Waals surface area contributed by atoms with E-state index >= 15 is 0 Å². The lowest BCUT2D eigenvalue weighted by Crippen LogP contribution is -2.45. The van der Waals surface area contributed by atoms with E-state index in [9.17, 15) is 4.79 Å². The van der Waals surface area contributed by atoms with Crippen LogP contribution in [0.3, 0.4) is 0 Å². The Kier molecular flexibility index (Phi) is 4.95. The number of benzene rings is 1. The molecular formula is C17H23NO4. The Morgan fingerprint density at radius 3 is 2.95 bits per heavy atom. The Balaban J connectivity index is 1.61. The molecule has 5 heteroatoms. The van der Waals surface area contributed by atoms with Crippen molar-refractivity contribution >= 4 is 5.91 Å². The van der Waals surface area contributed by atoms with Gasteiger partial charge >= 0.3 is 0 Å². The molecule has 1 aromatic carbocycles. The van der Waals surface area contributed by atoms with E-state index in [4.69, 9.17) is 14.2 Å². The number of nitrogens with zero attached hydrogens (tertiary/aromatic N) is 1. The molecular weight excluding hydrogens is 282 g/mol. The third-order valence-corrected chi connectivity index (χ3v) is 4.28. The van der Waals surface area contributed by atoms with Crippen molar-refractivity contribution in [2.45, 2.75) is 38.0 Å². The molecule has 0 aliphatic carbocycles. The zero-order valence-electron chi connectivity index (χ0n) is 12.9. The van der Waals surface area contributed by atoms with Crippen molar-refractivity contribution in [3.8, 4) is 5.75 Å². The van der Waals surface area contributed by atoms with Crippen LogP contribution in [0.4, 0.5) is 0 Å². The van der Waals surface area contributed by atoms with Crippen molar-refractivity contribution in [2.24, 2.45) is 0 Å². The maximum Gasteiger partial charge on any atom is 0.260 e. The van der Waals surface area contributed by atoms with Gasteiger partial charge in [0.05, 0.1) is 12.6 Å². The van der Waals surface area contributed by atoms with E-state index in [1.54, 1.807) is 0 Å². The molecule has 0 saturated carbocycles. The summed E-state index contributed by atoms with van der Waals surface area (Å²) in [5.74, 6) is 0.722. The normalized spacial score (nSPS) is 27.5. The maximum absolute atomic E-state index is 12.5. The second-order valence-electron chi connectivity index (χ2n) is 5.69. The number of fused-ring (bicyclic) bond motifs is 1. The van der Waals surface area contributed by atoms with Gasteiger partial charge in [-0.05, 0) is 31.9 Å². The van der Waals surface area contributed by atoms with Gasteiger partial charge in [0.15, 0.2) is 6.61 Å². The lowest BCUT2D eigenvalue weighted by molar-refractivity contribution is -0.136. The van der Waals surface area contributed by atoms with Crippen molar-refractivity contribution in [3.05, 3.63) is 30.3 Å². The Bertz CT molecular complexity index is 493. The first-order valence-electron chi connectivity index (χ1n) is 8.00. The second kappa shape index (κ2) is 7.11. The fourth-order valence-electron chi connectivity index (χ4n) is 3.30. The van der Waals surface area contributed by atoms with Crippen molar-refractivity contribution < 1.29 is 19.0 Å². The summed E-state index contributed by atoms with van der Waals surface area (Å²) in [4.78, 5) is 14.4. The summed E-state index contributed by atoms with van der Waals surface area (Å²) in [6, 6.07) is 9.54. The van der Waals surface area contributed by atoms with Gasteiger partial charge in [-0.25, -0.2) is 0 Å². The highest BCUT2D eigenvalue weighted by molar-refractivity contribution is 5.78. The van der Waals surface area contributed by atoms with E-state index in [0.717, 1.165) is 19.4 Å². The number of carbonyl (C=O) groups excluding carboxylic acids is 1. The first kappa shape index (κ1) is 15.3. The van der Waals surface area contributed by atoms with Gasteiger partial charge in [0.2, 0.25) is 0 Å². The molecule has 2 aliphatic heterocycles. The molecule has 0 radical (unpaired) electrons. The number of hydrogen-bond donors (Lipinski definition) is 0. The van der Waals surface area contributed by atoms with E-state index in [0.29, 0.717) is 18.9 Å². The Labute approximate surface area is 131 Å². The molecule has 22 heavy (non-hydrogen) atoms. The van der Waals surface area contributed by atoms with E-state index in [-0.39, 0.29) is 30.8 Å². The zero-order chi connectivity index (χ0) is 15.4. The van der Waals surface area contributed by atoms with Crippen LogP contribution in [-0.2, 0) is 14.3 Å². The van der Waals surface area contributed by atoms with Gasteiger partial charge in [0.25, 0.3) is 5.91 Å². The van der Waals surface area contributed by atoms with Gasteiger partial charge in [-0.3, -0.25) is 4.79 Å². The number of rotatable bonds is 5. The van der Waals surface area contributed by atoms with Gasteiger partial charge in [-0.1, -0.05) is 18.2 Å². The van der Waals surface area contributed by atoms with Crippen molar-refractivity contribution in [1.29, 1.82) is 0 Å². The predicted molar refractivity (Wildman–Crippen MR) is 81.8 cm³/mol. The summed E-state index contributed by atoms with van der Waals surface area (Å²) < 4.78 is 17.2. The fraction of sp³-hybridized carbons (Fsp3) is 0.588. The Morgan fingerprint density at radius 1 is 1.36 bits per heavy atom. The van der Waals surface area contributed by atoms with Crippen LogP contribution < -0.4 is 4.74 Å². The molecule has 3 atom stereocenters. The smallest absolute Gasteiger partial charge is 0.260 e. The number of amides is 1. The molecule has 1 aromatic rings. The lowest BCUT2D eigenvalue weighted by atomic mass is 10.0. The van der Waals surface area contributed by atoms with E-state index in [2.05, 4.69) is 0 Å². The first-order chi connectivity index (χ1) is 10.8. The highest BCUT2D eigenvalue weighted by Gasteiger charge is 2.46. The summed E-state index contributed by atoms with van der Waals surface area (Å²) in [7, 11) is 0. The monoisotopic (exact) mass is 305 g/mol. The lowest BCUT2D eigenvalue weighted by Gasteiger charge is -2.32. The van der Waals surface area contributed by atoms with Crippen LogP contribution in [0, 0.1) is 0 Å². The second-order valence-corrected chi connectivity index (χ2v) is 5.69. The average Bonchev–Trinajstić information content (AvgIpc) is 2.93. The molecule has 0 spiro atoms. The fourth-order valence-corrected chi connectivity index (χ4v) is 3.30. The van der Waals surface area contributed by atoms with Crippen LogP contribution in [0.1, 0.15) is 19.8 Å². The van der Waals surface area contributed by atoms with Gasteiger partial charge in [-0.15, -0.1) is 0 Å². The summed E-state index contributed by atoms with van der Waals surface area (Å²) in [6.45, 7) is 4.03. The summed E-state index contributed by atoms with van der Waals surface area (Å²) in [6.07, 6.45) is 1.96. The van der Waals surface area contributed by atoms with E-state index in [1.807, 2.05) is 42.2 Å². The van der Waals surface area contributed by atoms with Crippen molar-refractivity contribution in [2.75, 3.05) is 26.4 Å². The molecule has 2 fully saturated rings. The average molecular weight is 305 g/mol. The molecule has 0 aromatic heterocycles. The van der Waals surface area contributed by atoms with Crippen LogP contribution in [0.5, 0.6) is 5.75 Å². The van der Waals surface area contributed by atoms with Gasteiger partial charge in [0.1, 0.15) is 18.0 Å². The predicted octanol–water partition coefficient (Wildman–Crippen LogP) is 1.86. The van der Waals surface area contributed by atoms with Crippen LogP contribution >= 0.6 is 0 Å². The van der Waals surface area contributed by atoms with Crippen molar-refractivity contribution in [3.63, 3.8) is 0 Å². The van der Waals surface area contributed by atoms with Crippen LogP contribution in [0.15, 0.2) is 30.3 Å². The molecule has 1 amide bonds. The minimum Gasteiger partial charge on any atom is -0.484 e. The third-order valence-electron chi connectivity index (χ3n) is 4.28. The summed E-state index contributed by atoms with van der Waals surface area (Å²) in [5, 5.41) is 0. The zero-order valence-corrected chi connectivity index (χ0v) is 12.9. The number of para-hydroxylation sites is 1. The minimum atomic E-state index is -0.0176. The molecule has 2 aliphatic rings. The quantitative estimate of drug-likeness (QED) is 0.833. The van der Waals surface area contributed by atoms with E-state index < -0.39 is 0 Å². The van der Waals surface area contributed by atoms with Gasteiger partial charge in [0, 0.05) is 13.2 Å². The molecule has 3 rings (SSSR count). The van der Waals surface area contributed by atoms with Gasteiger partial charge in [-0.2, -0.15) is 0 Å². The molecule has 0 N–H and O–H groups in total. The molecule has 0 unspecified atom stereocenters. The van der Waals surface area contributed by atoms with Crippen LogP contribution in [-0.4, -0.2) is 55.4 Å². The highest BCUT2D eigenvalue weighted by Crippen LogP contribution is 2.30. The minimum absolute atomic E-state index is 0.00607. The topological polar surface area (TPSA) is 48.0 Å². The van der Waals surface area contributed by atoms with E-state index in [1.165, 1.54) is 0 Å². The first-order valence-corrected chi connectivity index (χ1v) is 8.00. The number of ether oxygens (including phenoxy) is 3. The molecule has 5 nitrogen and oxygen atoms in total. The largest absolute Gasteiger partial charge is 0.484 e. The third kappa shape index (κ3) is 3.25. The van der Waals surface area contributed by atoms with Crippen LogP contribution in [0.2, 0.25) is 0 Å². The Hall–Kier alpha value is -1.59. The number of carbonyl (C=O) groups is 1. The number of hydrogen-bond acceptors (Lipinski definition) is 4. The molecule has 2 heterocycles. The summed E-state index contributed by atoms with van der Waals surface area (Å²) >= 11 is 0. The highest BCUT2D eigenvalue weighted by atomic mass is 16.5. The SMILES string of the molecule is CCO[C@@H]1CN(C(=O)COc2ccccc2)[C@@H]2CCCO[C@@H]21. The molecule has 2 saturated heterocycles. The maximum atomic E-state index is 12.5. The number of likely N-dealkylation sites (tertiary alicyclic amines) is 1. The van der Waals surface area contributed by atoms with Crippen molar-refractivity contribution in [1.82, 2.24) is 4.90 Å². The Morgan fingerprint density at radius 2 is 2.18 bits per heavy atom. The molecule has 120 valence electrons. The summed E-state index contributed by atoms with van der Waals surface area (Å²) in [5.41, 5.74) is 0. The van der Waals surface area contributed by atoms with Gasteiger partial charge < -0.3 is 19.1 Å².